The Balaban J connectivity index is 1.69. The highest BCUT2D eigenvalue weighted by molar-refractivity contribution is 8.04. The molecule has 1 aliphatic heterocycles. The summed E-state index contributed by atoms with van der Waals surface area (Å²) >= 11 is 13.4. The average Bonchev–Trinajstić information content (AvgIpc) is 3.05. The van der Waals surface area contributed by atoms with Gasteiger partial charge in [-0.05, 0) is 85.5 Å². The molecule has 4 rings (SSSR count). The van der Waals surface area contributed by atoms with Gasteiger partial charge in [-0.1, -0.05) is 60.4 Å². The largest absolute Gasteiger partial charge is 0.350 e. The van der Waals surface area contributed by atoms with Gasteiger partial charge in [-0.15, -0.1) is 0 Å². The number of anilines is 2. The van der Waals surface area contributed by atoms with Crippen LogP contribution in [0, 0.1) is 6.92 Å². The van der Waals surface area contributed by atoms with Crippen molar-refractivity contribution in [2.24, 2.45) is 0 Å². The van der Waals surface area contributed by atoms with Gasteiger partial charge in [0.15, 0.2) is 0 Å². The molecule has 0 saturated heterocycles. The number of imide groups is 1. The lowest BCUT2D eigenvalue weighted by atomic mass is 10.1. The number of aryl methyl sites for hydroxylation is 2. The van der Waals surface area contributed by atoms with Gasteiger partial charge in [0, 0.05) is 20.6 Å². The molecule has 34 heavy (non-hydrogen) atoms. The van der Waals surface area contributed by atoms with E-state index in [9.17, 15) is 9.59 Å². The van der Waals surface area contributed by atoms with Gasteiger partial charge < -0.3 is 5.32 Å². The zero-order valence-corrected chi connectivity index (χ0v) is 21.2. The van der Waals surface area contributed by atoms with Crippen LogP contribution in [-0.2, 0) is 16.0 Å². The number of nitrogens with one attached hydrogen (secondary N) is 1. The minimum atomic E-state index is -0.392. The maximum absolute atomic E-state index is 13.5. The maximum Gasteiger partial charge on any atom is 0.283 e. The third kappa shape index (κ3) is 5.33. The van der Waals surface area contributed by atoms with E-state index in [2.05, 4.69) is 12.2 Å². The Kier molecular flexibility index (Phi) is 7.67. The van der Waals surface area contributed by atoms with Crippen molar-refractivity contribution in [3.05, 3.63) is 98.5 Å². The van der Waals surface area contributed by atoms with E-state index in [-0.39, 0.29) is 11.6 Å². The fourth-order valence-electron chi connectivity index (χ4n) is 3.66. The fraction of sp³-hybridized carbons (Fsp3) is 0.185. The van der Waals surface area contributed by atoms with E-state index in [4.69, 9.17) is 23.2 Å². The van der Waals surface area contributed by atoms with Crippen molar-refractivity contribution in [2.75, 3.05) is 10.2 Å². The normalized spacial score (nSPS) is 13.7. The van der Waals surface area contributed by atoms with Crippen molar-refractivity contribution in [1.29, 1.82) is 0 Å². The Hall–Kier alpha value is -2.73. The molecular weight excluding hydrogens is 487 g/mol. The van der Waals surface area contributed by atoms with Crippen molar-refractivity contribution in [2.45, 2.75) is 38.0 Å². The Labute approximate surface area is 213 Å². The van der Waals surface area contributed by atoms with Crippen LogP contribution in [0.3, 0.4) is 0 Å². The van der Waals surface area contributed by atoms with Gasteiger partial charge in [0.05, 0.1) is 5.69 Å². The number of hydrogen-bond donors (Lipinski definition) is 1. The second-order valence-electron chi connectivity index (χ2n) is 8.06. The van der Waals surface area contributed by atoms with Gasteiger partial charge in [0.25, 0.3) is 11.8 Å². The van der Waals surface area contributed by atoms with Crippen molar-refractivity contribution in [3.63, 3.8) is 0 Å². The van der Waals surface area contributed by atoms with Crippen LogP contribution in [0.15, 0.2) is 82.2 Å². The smallest absolute Gasteiger partial charge is 0.283 e. The lowest BCUT2D eigenvalue weighted by molar-refractivity contribution is -0.120. The fourth-order valence-corrected chi connectivity index (χ4v) is 4.94. The zero-order chi connectivity index (χ0) is 24.2. The summed E-state index contributed by atoms with van der Waals surface area (Å²) in [4.78, 5) is 29.4. The topological polar surface area (TPSA) is 49.4 Å². The van der Waals surface area contributed by atoms with Crippen molar-refractivity contribution in [3.8, 4) is 0 Å². The first-order chi connectivity index (χ1) is 16.4. The molecule has 1 N–H and O–H groups in total. The Morgan fingerprint density at radius 2 is 1.56 bits per heavy atom. The van der Waals surface area contributed by atoms with E-state index in [1.807, 2.05) is 49.4 Å². The summed E-state index contributed by atoms with van der Waals surface area (Å²) in [6.07, 6.45) is 3.18. The van der Waals surface area contributed by atoms with E-state index in [0.717, 1.165) is 29.7 Å². The number of carbonyl (C=O) groups is 2. The standard InChI is InChI=1S/C27H24Cl2N2O2S/c1-3-4-5-18-6-11-21(12-7-18)31-26(32)24(30-23-15-10-20(29)16-17(23)2)25(27(31)33)34-22-13-8-19(28)9-14-22/h6-16,30H,3-5H2,1-2H3. The van der Waals surface area contributed by atoms with E-state index in [1.54, 1.807) is 24.3 Å². The summed E-state index contributed by atoms with van der Waals surface area (Å²) in [5.74, 6) is -0.752. The molecule has 174 valence electrons. The molecule has 0 aromatic heterocycles. The minimum absolute atomic E-state index is 0.241. The molecule has 0 fully saturated rings. The van der Waals surface area contributed by atoms with Gasteiger partial charge in [-0.25, -0.2) is 4.90 Å². The van der Waals surface area contributed by atoms with Crippen LogP contribution >= 0.6 is 35.0 Å². The Bertz CT molecular complexity index is 1250. The first-order valence-corrected chi connectivity index (χ1v) is 12.6. The van der Waals surface area contributed by atoms with Gasteiger partial charge >= 0.3 is 0 Å². The summed E-state index contributed by atoms with van der Waals surface area (Å²) in [6, 6.07) is 20.2. The second kappa shape index (κ2) is 10.7. The monoisotopic (exact) mass is 510 g/mol. The molecule has 1 aliphatic rings. The summed E-state index contributed by atoms with van der Waals surface area (Å²) in [7, 11) is 0. The average molecular weight is 511 g/mol. The van der Waals surface area contributed by atoms with Crippen LogP contribution in [0.4, 0.5) is 11.4 Å². The van der Waals surface area contributed by atoms with E-state index in [1.165, 1.54) is 22.2 Å². The van der Waals surface area contributed by atoms with E-state index >= 15 is 0 Å². The predicted molar refractivity (Wildman–Crippen MR) is 142 cm³/mol. The van der Waals surface area contributed by atoms with Gasteiger partial charge in [0.1, 0.15) is 10.6 Å². The molecule has 0 radical (unpaired) electrons. The number of benzene rings is 3. The summed E-state index contributed by atoms with van der Waals surface area (Å²) in [5.41, 5.74) is 3.56. The number of unbranched alkanes of at least 4 members (excludes halogenated alkanes) is 1. The number of amides is 2. The molecule has 7 heteroatoms. The Morgan fingerprint density at radius 3 is 2.21 bits per heavy atom. The third-order valence-electron chi connectivity index (χ3n) is 5.54. The number of nitrogens with zero attached hydrogens (tertiary/aromatic N) is 1. The Morgan fingerprint density at radius 1 is 0.882 bits per heavy atom. The van der Waals surface area contributed by atoms with Crippen LogP contribution in [-0.4, -0.2) is 11.8 Å². The number of thioether (sulfide) groups is 1. The summed E-state index contributed by atoms with van der Waals surface area (Å²) in [6.45, 7) is 4.05. The number of carbonyl (C=O) groups excluding carboxylic acids is 2. The first-order valence-electron chi connectivity index (χ1n) is 11.1. The van der Waals surface area contributed by atoms with Gasteiger partial charge in [-0.3, -0.25) is 9.59 Å². The number of hydrogen-bond acceptors (Lipinski definition) is 4. The quantitative estimate of drug-likeness (QED) is 0.316. The molecule has 3 aromatic rings. The van der Waals surface area contributed by atoms with E-state index in [0.29, 0.717) is 26.3 Å². The molecule has 0 aliphatic carbocycles. The summed E-state index contributed by atoms with van der Waals surface area (Å²) < 4.78 is 0. The molecule has 3 aromatic carbocycles. The van der Waals surface area contributed by atoms with Gasteiger partial charge in [0.2, 0.25) is 0 Å². The van der Waals surface area contributed by atoms with Crippen molar-refractivity contribution >= 4 is 58.2 Å². The van der Waals surface area contributed by atoms with Crippen molar-refractivity contribution < 1.29 is 9.59 Å². The maximum atomic E-state index is 13.5. The molecule has 0 saturated carbocycles. The molecule has 0 bridgehead atoms. The lowest BCUT2D eigenvalue weighted by Crippen LogP contribution is -2.32. The van der Waals surface area contributed by atoms with Crippen LogP contribution in [0.5, 0.6) is 0 Å². The van der Waals surface area contributed by atoms with Crippen LogP contribution < -0.4 is 10.2 Å². The first kappa shape index (κ1) is 24.4. The van der Waals surface area contributed by atoms with Crippen LogP contribution in [0.2, 0.25) is 10.0 Å². The molecule has 0 atom stereocenters. The molecule has 2 amide bonds. The highest BCUT2D eigenvalue weighted by Crippen LogP contribution is 2.38. The van der Waals surface area contributed by atoms with E-state index < -0.39 is 5.91 Å². The minimum Gasteiger partial charge on any atom is -0.350 e. The second-order valence-corrected chi connectivity index (χ2v) is 10.0. The molecular formula is C27H24Cl2N2O2S. The van der Waals surface area contributed by atoms with Crippen LogP contribution in [0.25, 0.3) is 0 Å². The molecule has 0 unspecified atom stereocenters. The molecule has 0 spiro atoms. The molecule has 4 nitrogen and oxygen atoms in total. The van der Waals surface area contributed by atoms with Gasteiger partial charge in [-0.2, -0.15) is 0 Å². The zero-order valence-electron chi connectivity index (χ0n) is 18.9. The number of rotatable bonds is 8. The lowest BCUT2D eigenvalue weighted by Gasteiger charge is -2.16. The highest BCUT2D eigenvalue weighted by Gasteiger charge is 2.40. The van der Waals surface area contributed by atoms with Crippen LogP contribution in [0.1, 0.15) is 30.9 Å². The van der Waals surface area contributed by atoms with Crippen molar-refractivity contribution in [1.82, 2.24) is 0 Å². The number of halogens is 2. The summed E-state index contributed by atoms with van der Waals surface area (Å²) in [5, 5.41) is 4.41. The molecule has 1 heterocycles. The highest BCUT2D eigenvalue weighted by atomic mass is 35.5. The predicted octanol–water partition coefficient (Wildman–Crippen LogP) is 7.63. The third-order valence-corrected chi connectivity index (χ3v) is 7.11. The SMILES string of the molecule is CCCCc1ccc(N2C(=O)C(Nc3ccc(Cl)cc3C)=C(Sc3ccc(Cl)cc3)C2=O)cc1.